The van der Waals surface area contributed by atoms with Gasteiger partial charge in [0.15, 0.2) is 5.78 Å². The smallest absolute Gasteiger partial charge is 0.159 e. The largest absolute Gasteiger partial charge is 0.363 e. The third-order valence-electron chi connectivity index (χ3n) is 7.45. The van der Waals surface area contributed by atoms with Gasteiger partial charge in [0.05, 0.1) is 6.04 Å². The van der Waals surface area contributed by atoms with E-state index in [1.165, 1.54) is 22.4 Å². The van der Waals surface area contributed by atoms with Crippen LogP contribution in [0.25, 0.3) is 0 Å². The Morgan fingerprint density at radius 3 is 2.59 bits per heavy atom. The predicted molar refractivity (Wildman–Crippen MR) is 121 cm³/mol. The minimum absolute atomic E-state index is 0.173. The molecule has 3 heteroatoms. The number of carbonyl (C=O) groups excluding carboxylic acids is 1. The van der Waals surface area contributed by atoms with Crippen LogP contribution in [0, 0.1) is 11.8 Å². The van der Waals surface area contributed by atoms with E-state index in [-0.39, 0.29) is 5.78 Å². The predicted octanol–water partition coefficient (Wildman–Crippen LogP) is 6.55. The monoisotopic (exact) mass is 445 g/mol. The second kappa shape index (κ2) is 6.43. The maximum atomic E-state index is 12.4. The SMILES string of the molecule is CC(=O)c1cc2c3c(c1)[C@H]1C=CC[C@H]1[C@H](c1cccc(Br)c1)N3C[C@H]1CC=C[C@H]21. The van der Waals surface area contributed by atoms with Crippen LogP contribution in [0.3, 0.4) is 0 Å². The third kappa shape index (κ3) is 2.56. The number of ketones is 1. The molecule has 0 spiro atoms. The van der Waals surface area contributed by atoms with Gasteiger partial charge in [-0.3, -0.25) is 4.79 Å². The first-order valence-corrected chi connectivity index (χ1v) is 11.5. The molecule has 2 aliphatic carbocycles. The van der Waals surface area contributed by atoms with Crippen LogP contribution in [0.15, 0.2) is 65.2 Å². The lowest BCUT2D eigenvalue weighted by atomic mass is 9.70. The van der Waals surface area contributed by atoms with Crippen molar-refractivity contribution in [3.8, 4) is 0 Å². The maximum Gasteiger partial charge on any atom is 0.159 e. The zero-order valence-corrected chi connectivity index (χ0v) is 18.1. The summed E-state index contributed by atoms with van der Waals surface area (Å²) in [6.07, 6.45) is 11.7. The van der Waals surface area contributed by atoms with Crippen LogP contribution in [-0.2, 0) is 0 Å². The van der Waals surface area contributed by atoms with E-state index in [9.17, 15) is 4.79 Å². The molecule has 0 bridgehead atoms. The Morgan fingerprint density at radius 2 is 1.79 bits per heavy atom. The fourth-order valence-electron chi connectivity index (χ4n) is 6.25. The topological polar surface area (TPSA) is 20.3 Å². The Bertz CT molecular complexity index is 1070. The van der Waals surface area contributed by atoms with E-state index in [4.69, 9.17) is 0 Å². The Balaban J connectivity index is 1.61. The molecule has 0 radical (unpaired) electrons. The minimum Gasteiger partial charge on any atom is -0.363 e. The van der Waals surface area contributed by atoms with Gasteiger partial charge in [-0.1, -0.05) is 52.4 Å². The zero-order chi connectivity index (χ0) is 19.7. The Kier molecular flexibility index (Phi) is 3.93. The number of anilines is 1. The van der Waals surface area contributed by atoms with Gasteiger partial charge in [0.25, 0.3) is 0 Å². The summed E-state index contributed by atoms with van der Waals surface area (Å²) in [6.45, 7) is 2.80. The second-order valence-electron chi connectivity index (χ2n) is 9.01. The summed E-state index contributed by atoms with van der Waals surface area (Å²) in [5.74, 6) is 2.15. The molecule has 0 unspecified atom stereocenters. The molecule has 2 aliphatic heterocycles. The number of Topliss-reactive ketones (excluding diaryl/α,β-unsaturated/α-hetero) is 1. The highest BCUT2D eigenvalue weighted by Crippen LogP contribution is 2.59. The van der Waals surface area contributed by atoms with Gasteiger partial charge < -0.3 is 4.90 Å². The van der Waals surface area contributed by atoms with Crippen LogP contribution in [0.4, 0.5) is 5.69 Å². The van der Waals surface area contributed by atoms with Gasteiger partial charge in [-0.15, -0.1) is 0 Å². The van der Waals surface area contributed by atoms with Gasteiger partial charge in [0.2, 0.25) is 0 Å². The van der Waals surface area contributed by atoms with E-state index in [1.807, 2.05) is 0 Å². The van der Waals surface area contributed by atoms with Crippen LogP contribution in [0.5, 0.6) is 0 Å². The van der Waals surface area contributed by atoms with Gasteiger partial charge in [-0.2, -0.15) is 0 Å². The third-order valence-corrected chi connectivity index (χ3v) is 7.94. The number of halogens is 1. The lowest BCUT2D eigenvalue weighted by Crippen LogP contribution is -2.46. The van der Waals surface area contributed by atoms with Crippen molar-refractivity contribution < 1.29 is 4.79 Å². The molecule has 2 nitrogen and oxygen atoms in total. The first-order valence-electron chi connectivity index (χ1n) is 10.7. The second-order valence-corrected chi connectivity index (χ2v) is 9.93. The molecule has 0 amide bonds. The number of fused-ring (bicyclic) bond motifs is 4. The highest BCUT2D eigenvalue weighted by Gasteiger charge is 2.47. The number of benzene rings is 2. The van der Waals surface area contributed by atoms with Crippen molar-refractivity contribution in [2.24, 2.45) is 11.8 Å². The molecular formula is C26H24BrNO. The van der Waals surface area contributed by atoms with Crippen LogP contribution in [0.1, 0.15) is 64.7 Å². The molecule has 0 aromatic heterocycles. The Labute approximate surface area is 180 Å². The standard InChI is InChI=1S/C26H24BrNO/c1-15(29)18-12-23-20-8-3-6-17(20)14-28-25(16-5-2-7-19(27)11-16)22-10-4-9-21(22)24(13-18)26(23)28/h2-5,7-9,11-13,17,20-22,25H,6,10,14H2,1H3/t17-,20+,21+,22-,25+/m1/s1. The number of nitrogens with zero attached hydrogens (tertiary/aromatic N) is 1. The van der Waals surface area contributed by atoms with Gasteiger partial charge in [0, 0.05) is 34.1 Å². The van der Waals surface area contributed by atoms with Crippen LogP contribution in [-0.4, -0.2) is 12.3 Å². The summed E-state index contributed by atoms with van der Waals surface area (Å²) in [5, 5.41) is 0. The minimum atomic E-state index is 0.173. The molecule has 2 aromatic carbocycles. The Hall–Kier alpha value is -2.13. The molecule has 146 valence electrons. The Morgan fingerprint density at radius 1 is 1.03 bits per heavy atom. The maximum absolute atomic E-state index is 12.4. The molecule has 0 saturated carbocycles. The quantitative estimate of drug-likeness (QED) is 0.385. The molecule has 2 heterocycles. The molecule has 29 heavy (non-hydrogen) atoms. The summed E-state index contributed by atoms with van der Waals surface area (Å²) < 4.78 is 1.15. The van der Waals surface area contributed by atoms with E-state index >= 15 is 0 Å². The first kappa shape index (κ1) is 17.7. The molecule has 0 saturated heterocycles. The van der Waals surface area contributed by atoms with Gasteiger partial charge in [0.1, 0.15) is 0 Å². The van der Waals surface area contributed by atoms with Gasteiger partial charge in [-0.05, 0) is 72.6 Å². The van der Waals surface area contributed by atoms with Crippen molar-refractivity contribution in [1.29, 1.82) is 0 Å². The van der Waals surface area contributed by atoms with Gasteiger partial charge in [-0.25, -0.2) is 0 Å². The summed E-state index contributed by atoms with van der Waals surface area (Å²) in [4.78, 5) is 15.0. The molecular weight excluding hydrogens is 422 g/mol. The van der Waals surface area contributed by atoms with E-state index in [0.717, 1.165) is 29.4 Å². The van der Waals surface area contributed by atoms with Crippen LogP contribution < -0.4 is 4.90 Å². The molecule has 0 fully saturated rings. The van der Waals surface area contributed by atoms with E-state index in [2.05, 4.69) is 81.5 Å². The van der Waals surface area contributed by atoms with Crippen LogP contribution >= 0.6 is 15.9 Å². The highest BCUT2D eigenvalue weighted by atomic mass is 79.9. The highest BCUT2D eigenvalue weighted by molar-refractivity contribution is 9.10. The fourth-order valence-corrected chi connectivity index (χ4v) is 6.67. The summed E-state index contributed by atoms with van der Waals surface area (Å²) in [5.41, 5.74) is 6.42. The molecule has 0 N–H and O–H groups in total. The van der Waals surface area contributed by atoms with E-state index in [1.54, 1.807) is 6.92 Å². The number of hydrogen-bond acceptors (Lipinski definition) is 2. The summed E-state index contributed by atoms with van der Waals surface area (Å²) in [7, 11) is 0. The lowest BCUT2D eigenvalue weighted by molar-refractivity contribution is 0.101. The van der Waals surface area contributed by atoms with Crippen molar-refractivity contribution in [2.45, 2.75) is 37.6 Å². The average Bonchev–Trinajstić information content (AvgIpc) is 3.37. The molecule has 5 atom stereocenters. The first-order chi connectivity index (χ1) is 14.1. The lowest BCUT2D eigenvalue weighted by Gasteiger charge is -2.51. The number of allylic oxidation sites excluding steroid dienone is 4. The van der Waals surface area contributed by atoms with Gasteiger partial charge >= 0.3 is 0 Å². The van der Waals surface area contributed by atoms with E-state index in [0.29, 0.717) is 29.7 Å². The molecule has 2 aromatic rings. The number of rotatable bonds is 2. The molecule has 4 aliphatic rings. The summed E-state index contributed by atoms with van der Waals surface area (Å²) in [6, 6.07) is 13.6. The van der Waals surface area contributed by atoms with Crippen molar-refractivity contribution in [3.05, 3.63) is 87.4 Å². The fraction of sp³-hybridized carbons (Fsp3) is 0.346. The van der Waals surface area contributed by atoms with Crippen molar-refractivity contribution in [3.63, 3.8) is 0 Å². The normalized spacial score (nSPS) is 30.8. The zero-order valence-electron chi connectivity index (χ0n) is 16.5. The van der Waals surface area contributed by atoms with Crippen molar-refractivity contribution in [1.82, 2.24) is 0 Å². The number of carbonyl (C=O) groups is 1. The van der Waals surface area contributed by atoms with E-state index < -0.39 is 0 Å². The van der Waals surface area contributed by atoms with Crippen molar-refractivity contribution in [2.75, 3.05) is 11.4 Å². The van der Waals surface area contributed by atoms with Crippen LogP contribution in [0.2, 0.25) is 0 Å². The van der Waals surface area contributed by atoms with Crippen molar-refractivity contribution >= 4 is 27.4 Å². The number of hydrogen-bond donors (Lipinski definition) is 0. The summed E-state index contributed by atoms with van der Waals surface area (Å²) >= 11 is 3.69. The average molecular weight is 446 g/mol. The molecule has 6 rings (SSSR count).